The maximum atomic E-state index is 12.2. The molecule has 0 saturated heterocycles. The first kappa shape index (κ1) is 14.2. The molecule has 1 saturated carbocycles. The summed E-state index contributed by atoms with van der Waals surface area (Å²) in [4.78, 5) is 12.2. The van der Waals surface area contributed by atoms with Crippen LogP contribution in [0.2, 0.25) is 0 Å². The molecule has 22 heavy (non-hydrogen) atoms. The minimum absolute atomic E-state index is 0.0424. The molecule has 0 radical (unpaired) electrons. The molecule has 2 aromatic carbocycles. The number of hydrogen-bond acceptors (Lipinski definition) is 3. The number of nitriles is 1. The Morgan fingerprint density at radius 3 is 2.64 bits per heavy atom. The van der Waals surface area contributed by atoms with E-state index in [0.717, 1.165) is 24.1 Å². The van der Waals surface area contributed by atoms with Gasteiger partial charge in [-0.05, 0) is 36.6 Å². The highest BCUT2D eigenvalue weighted by molar-refractivity contribution is 5.99. The lowest BCUT2D eigenvalue weighted by Gasteiger charge is -2.12. The van der Waals surface area contributed by atoms with Crippen LogP contribution >= 0.6 is 0 Å². The quantitative estimate of drug-likeness (QED) is 0.889. The summed E-state index contributed by atoms with van der Waals surface area (Å²) in [5.41, 5.74) is 2.99. The SMILES string of the molecule is N#Cc1ccccc1CNc1ccccc1C(=O)NC1CC1. The topological polar surface area (TPSA) is 64.9 Å². The number of hydrogen-bond donors (Lipinski definition) is 2. The summed E-state index contributed by atoms with van der Waals surface area (Å²) in [5, 5.41) is 15.4. The van der Waals surface area contributed by atoms with Crippen LogP contribution in [0.3, 0.4) is 0 Å². The number of para-hydroxylation sites is 1. The Bertz CT molecular complexity index is 729. The van der Waals surface area contributed by atoms with Crippen LogP contribution in [0.15, 0.2) is 48.5 Å². The van der Waals surface area contributed by atoms with Crippen LogP contribution in [0.4, 0.5) is 5.69 Å². The molecule has 0 atom stereocenters. The fourth-order valence-corrected chi connectivity index (χ4v) is 2.30. The second-order valence-corrected chi connectivity index (χ2v) is 5.42. The van der Waals surface area contributed by atoms with Crippen LogP contribution in [0.25, 0.3) is 0 Å². The highest BCUT2D eigenvalue weighted by atomic mass is 16.1. The van der Waals surface area contributed by atoms with Crippen LogP contribution in [0, 0.1) is 11.3 Å². The molecule has 4 heteroatoms. The van der Waals surface area contributed by atoms with Crippen molar-refractivity contribution in [2.45, 2.75) is 25.4 Å². The monoisotopic (exact) mass is 291 g/mol. The predicted octanol–water partition coefficient (Wildman–Crippen LogP) is 3.06. The summed E-state index contributed by atoms with van der Waals surface area (Å²) < 4.78 is 0. The highest BCUT2D eigenvalue weighted by Gasteiger charge is 2.24. The first-order valence-corrected chi connectivity index (χ1v) is 7.39. The van der Waals surface area contributed by atoms with E-state index in [1.807, 2.05) is 42.5 Å². The van der Waals surface area contributed by atoms with Gasteiger partial charge >= 0.3 is 0 Å². The van der Waals surface area contributed by atoms with Crippen molar-refractivity contribution in [3.8, 4) is 6.07 Å². The van der Waals surface area contributed by atoms with Gasteiger partial charge in [0.2, 0.25) is 0 Å². The molecule has 0 aromatic heterocycles. The first-order chi connectivity index (χ1) is 10.8. The summed E-state index contributed by atoms with van der Waals surface area (Å²) in [6, 6.07) is 17.4. The molecule has 0 heterocycles. The van der Waals surface area contributed by atoms with E-state index in [2.05, 4.69) is 16.7 Å². The zero-order chi connectivity index (χ0) is 15.4. The van der Waals surface area contributed by atoms with Crippen LogP contribution in [-0.2, 0) is 6.54 Å². The lowest BCUT2D eigenvalue weighted by Crippen LogP contribution is -2.26. The van der Waals surface area contributed by atoms with Gasteiger partial charge < -0.3 is 10.6 Å². The van der Waals surface area contributed by atoms with E-state index in [-0.39, 0.29) is 5.91 Å². The van der Waals surface area contributed by atoms with Crippen molar-refractivity contribution in [2.75, 3.05) is 5.32 Å². The summed E-state index contributed by atoms with van der Waals surface area (Å²) in [7, 11) is 0. The minimum Gasteiger partial charge on any atom is -0.380 e. The summed E-state index contributed by atoms with van der Waals surface area (Å²) in [5.74, 6) is -0.0424. The third kappa shape index (κ3) is 3.26. The van der Waals surface area contributed by atoms with Gasteiger partial charge in [0.25, 0.3) is 5.91 Å². The molecule has 3 rings (SSSR count). The van der Waals surface area contributed by atoms with E-state index in [1.165, 1.54) is 0 Å². The van der Waals surface area contributed by atoms with Gasteiger partial charge in [-0.1, -0.05) is 30.3 Å². The van der Waals surface area contributed by atoms with E-state index >= 15 is 0 Å². The van der Waals surface area contributed by atoms with E-state index in [9.17, 15) is 4.79 Å². The van der Waals surface area contributed by atoms with Crippen molar-refractivity contribution >= 4 is 11.6 Å². The van der Waals surface area contributed by atoms with Crippen molar-refractivity contribution in [1.29, 1.82) is 5.26 Å². The van der Waals surface area contributed by atoms with Crippen molar-refractivity contribution in [2.24, 2.45) is 0 Å². The molecule has 4 nitrogen and oxygen atoms in total. The second-order valence-electron chi connectivity index (χ2n) is 5.42. The van der Waals surface area contributed by atoms with Gasteiger partial charge in [-0.3, -0.25) is 4.79 Å². The van der Waals surface area contributed by atoms with Gasteiger partial charge in [-0.15, -0.1) is 0 Å². The van der Waals surface area contributed by atoms with Crippen molar-refractivity contribution in [3.05, 3.63) is 65.2 Å². The van der Waals surface area contributed by atoms with Crippen molar-refractivity contribution < 1.29 is 4.79 Å². The van der Waals surface area contributed by atoms with Crippen molar-refractivity contribution in [3.63, 3.8) is 0 Å². The molecule has 1 aliphatic carbocycles. The molecule has 0 aliphatic heterocycles. The molecule has 0 spiro atoms. The number of carbonyl (C=O) groups excluding carboxylic acids is 1. The van der Waals surface area contributed by atoms with Crippen LogP contribution in [0.5, 0.6) is 0 Å². The molecule has 2 aromatic rings. The maximum absolute atomic E-state index is 12.2. The van der Waals surface area contributed by atoms with E-state index in [0.29, 0.717) is 23.7 Å². The van der Waals surface area contributed by atoms with Gasteiger partial charge in [0, 0.05) is 18.3 Å². The number of amides is 1. The zero-order valence-corrected chi connectivity index (χ0v) is 12.2. The Morgan fingerprint density at radius 2 is 1.86 bits per heavy atom. The number of benzene rings is 2. The first-order valence-electron chi connectivity index (χ1n) is 7.39. The summed E-state index contributed by atoms with van der Waals surface area (Å²) in [6.45, 7) is 0.511. The average Bonchev–Trinajstić information content (AvgIpc) is 3.37. The molecular weight excluding hydrogens is 274 g/mol. The fraction of sp³-hybridized carbons (Fsp3) is 0.222. The molecule has 110 valence electrons. The summed E-state index contributed by atoms with van der Waals surface area (Å²) in [6.07, 6.45) is 2.13. The van der Waals surface area contributed by atoms with Crippen LogP contribution in [-0.4, -0.2) is 11.9 Å². The van der Waals surface area contributed by atoms with Gasteiger partial charge in [0.05, 0.1) is 17.2 Å². The zero-order valence-electron chi connectivity index (χ0n) is 12.2. The third-order valence-electron chi connectivity index (χ3n) is 3.69. The van der Waals surface area contributed by atoms with Gasteiger partial charge in [0.15, 0.2) is 0 Å². The lowest BCUT2D eigenvalue weighted by molar-refractivity contribution is 0.0952. The van der Waals surface area contributed by atoms with Crippen LogP contribution < -0.4 is 10.6 Å². The summed E-state index contributed by atoms with van der Waals surface area (Å²) >= 11 is 0. The Morgan fingerprint density at radius 1 is 1.14 bits per heavy atom. The van der Waals surface area contributed by atoms with Gasteiger partial charge in [0.1, 0.15) is 0 Å². The molecule has 0 unspecified atom stereocenters. The molecule has 2 N–H and O–H groups in total. The van der Waals surface area contributed by atoms with Crippen molar-refractivity contribution in [1.82, 2.24) is 5.32 Å². The molecule has 1 fully saturated rings. The Balaban J connectivity index is 1.75. The van der Waals surface area contributed by atoms with E-state index < -0.39 is 0 Å². The Labute approximate surface area is 129 Å². The predicted molar refractivity (Wildman–Crippen MR) is 85.4 cm³/mol. The maximum Gasteiger partial charge on any atom is 0.253 e. The Kier molecular flexibility index (Phi) is 4.06. The minimum atomic E-state index is -0.0424. The normalized spacial score (nSPS) is 13.2. The van der Waals surface area contributed by atoms with Gasteiger partial charge in [-0.2, -0.15) is 5.26 Å². The van der Waals surface area contributed by atoms with E-state index in [4.69, 9.17) is 5.26 Å². The largest absolute Gasteiger partial charge is 0.380 e. The van der Waals surface area contributed by atoms with E-state index in [1.54, 1.807) is 6.07 Å². The smallest absolute Gasteiger partial charge is 0.253 e. The number of anilines is 1. The average molecular weight is 291 g/mol. The van der Waals surface area contributed by atoms with Crippen LogP contribution in [0.1, 0.15) is 34.3 Å². The number of nitrogens with zero attached hydrogens (tertiary/aromatic N) is 1. The third-order valence-corrected chi connectivity index (χ3v) is 3.69. The fourth-order valence-electron chi connectivity index (χ4n) is 2.30. The highest BCUT2D eigenvalue weighted by Crippen LogP contribution is 2.22. The number of carbonyl (C=O) groups is 1. The standard InChI is InChI=1S/C18H17N3O/c19-11-13-5-1-2-6-14(13)12-20-17-8-4-3-7-16(17)18(22)21-15-9-10-15/h1-8,15,20H,9-10,12H2,(H,21,22). The lowest BCUT2D eigenvalue weighted by atomic mass is 10.1. The molecular formula is C18H17N3O. The number of nitrogens with one attached hydrogen (secondary N) is 2. The van der Waals surface area contributed by atoms with Gasteiger partial charge in [-0.25, -0.2) is 0 Å². The second kappa shape index (κ2) is 6.31. The molecule has 0 bridgehead atoms. The number of rotatable bonds is 5. The molecule has 1 amide bonds. The molecule has 1 aliphatic rings. The Hall–Kier alpha value is -2.80.